The van der Waals surface area contributed by atoms with Crippen LogP contribution < -0.4 is 5.32 Å². The van der Waals surface area contributed by atoms with Gasteiger partial charge in [-0.15, -0.1) is 0 Å². The van der Waals surface area contributed by atoms with E-state index in [4.69, 9.17) is 4.74 Å². The summed E-state index contributed by atoms with van der Waals surface area (Å²) in [6.45, 7) is 4.12. The molecule has 3 nitrogen and oxygen atoms in total. The fourth-order valence-corrected chi connectivity index (χ4v) is 4.07. The van der Waals surface area contributed by atoms with Crippen molar-refractivity contribution < 1.29 is 4.74 Å². The molecule has 4 heteroatoms. The van der Waals surface area contributed by atoms with Gasteiger partial charge in [0, 0.05) is 23.7 Å². The van der Waals surface area contributed by atoms with E-state index in [1.54, 1.807) is 11.5 Å². The number of morpholine rings is 1. The van der Waals surface area contributed by atoms with Crippen molar-refractivity contribution in [1.82, 2.24) is 9.69 Å². The number of rotatable bonds is 2. The zero-order chi connectivity index (χ0) is 12.4. The van der Waals surface area contributed by atoms with Crippen LogP contribution in [0.15, 0.2) is 11.6 Å². The number of hydrogen-bond donors (Lipinski definition) is 1. The number of aromatic nitrogens is 1. The van der Waals surface area contributed by atoms with Crippen molar-refractivity contribution in [2.24, 2.45) is 5.92 Å². The minimum atomic E-state index is 0.0344. The average Bonchev–Trinajstić information content (AvgIpc) is 2.94. The van der Waals surface area contributed by atoms with Gasteiger partial charge in [-0.1, -0.05) is 13.3 Å². The summed E-state index contributed by atoms with van der Waals surface area (Å²) in [7, 11) is 0. The Labute approximate surface area is 113 Å². The van der Waals surface area contributed by atoms with E-state index in [2.05, 4.69) is 22.0 Å². The van der Waals surface area contributed by atoms with Gasteiger partial charge in [0.1, 0.15) is 0 Å². The van der Waals surface area contributed by atoms with Gasteiger partial charge < -0.3 is 10.1 Å². The third kappa shape index (κ3) is 2.22. The summed E-state index contributed by atoms with van der Waals surface area (Å²) in [6.07, 6.45) is 8.33. The Morgan fingerprint density at radius 3 is 3.00 bits per heavy atom. The number of ether oxygens (including phenoxy) is 1. The summed E-state index contributed by atoms with van der Waals surface area (Å²) in [5.74, 6) is 0.905. The molecule has 100 valence electrons. The number of nitrogens with one attached hydrogen (secondary N) is 1. The van der Waals surface area contributed by atoms with Gasteiger partial charge in [0.2, 0.25) is 0 Å². The second-order valence-corrected chi connectivity index (χ2v) is 6.27. The maximum absolute atomic E-state index is 6.25. The highest BCUT2D eigenvalue weighted by atomic mass is 32.1. The van der Waals surface area contributed by atoms with E-state index in [1.165, 1.54) is 37.7 Å². The van der Waals surface area contributed by atoms with Crippen molar-refractivity contribution in [2.75, 3.05) is 13.2 Å². The number of nitrogens with zero attached hydrogens (tertiary/aromatic N) is 1. The normalized spacial score (nSPS) is 36.9. The van der Waals surface area contributed by atoms with Crippen LogP contribution in [-0.2, 0) is 4.74 Å². The van der Waals surface area contributed by atoms with Gasteiger partial charge in [-0.3, -0.25) is 0 Å². The molecular formula is C14H22N2OS. The molecular weight excluding hydrogens is 244 g/mol. The predicted molar refractivity (Wildman–Crippen MR) is 73.8 cm³/mol. The summed E-state index contributed by atoms with van der Waals surface area (Å²) >= 11 is 1.54. The van der Waals surface area contributed by atoms with E-state index >= 15 is 0 Å². The van der Waals surface area contributed by atoms with Crippen molar-refractivity contribution in [3.63, 3.8) is 0 Å². The Morgan fingerprint density at radius 1 is 1.50 bits per heavy atom. The van der Waals surface area contributed by atoms with E-state index < -0.39 is 0 Å². The molecule has 0 amide bonds. The summed E-state index contributed by atoms with van der Waals surface area (Å²) in [6, 6.07) is 0.350. The quantitative estimate of drug-likeness (QED) is 0.893. The lowest BCUT2D eigenvalue weighted by atomic mass is 9.72. The lowest BCUT2D eigenvalue weighted by Gasteiger charge is -2.48. The van der Waals surface area contributed by atoms with Crippen LogP contribution in [0.5, 0.6) is 0 Å². The molecule has 0 radical (unpaired) electrons. The molecule has 1 N–H and O–H groups in total. The van der Waals surface area contributed by atoms with Gasteiger partial charge in [-0.2, -0.15) is 0 Å². The lowest BCUT2D eigenvalue weighted by molar-refractivity contribution is -0.125. The smallest absolute Gasteiger partial charge is 0.0878 e. The zero-order valence-corrected chi connectivity index (χ0v) is 11.8. The fourth-order valence-electron chi connectivity index (χ4n) is 3.51. The number of hydrogen-bond acceptors (Lipinski definition) is 4. The fraction of sp³-hybridized carbons (Fsp3) is 0.786. The highest BCUT2D eigenvalue weighted by Gasteiger charge is 2.45. The molecule has 1 aliphatic carbocycles. The van der Waals surface area contributed by atoms with Gasteiger partial charge in [0.25, 0.3) is 0 Å². The van der Waals surface area contributed by atoms with Crippen LogP contribution in [0.2, 0.25) is 0 Å². The van der Waals surface area contributed by atoms with E-state index in [-0.39, 0.29) is 5.60 Å². The summed E-state index contributed by atoms with van der Waals surface area (Å²) in [4.78, 5) is 0. The maximum Gasteiger partial charge on any atom is 0.0878 e. The molecule has 1 aromatic rings. The van der Waals surface area contributed by atoms with Crippen LogP contribution in [0, 0.1) is 5.92 Å². The van der Waals surface area contributed by atoms with Crippen LogP contribution in [0.4, 0.5) is 0 Å². The molecule has 1 saturated carbocycles. The minimum Gasteiger partial charge on any atom is -0.372 e. The molecule has 0 bridgehead atoms. The van der Waals surface area contributed by atoms with Crippen LogP contribution in [-0.4, -0.2) is 23.1 Å². The van der Waals surface area contributed by atoms with E-state index in [1.807, 2.05) is 6.20 Å². The predicted octanol–water partition coefficient (Wildman–Crippen LogP) is 3.14. The van der Waals surface area contributed by atoms with E-state index in [9.17, 15) is 0 Å². The Bertz CT molecular complexity index is 371. The van der Waals surface area contributed by atoms with E-state index in [0.29, 0.717) is 6.04 Å². The SMILES string of the molecule is CCC1CCC2(CC1)OCCNC2c1cnsc1. The second kappa shape index (κ2) is 5.27. The monoisotopic (exact) mass is 266 g/mol. The highest BCUT2D eigenvalue weighted by Crippen LogP contribution is 2.45. The zero-order valence-electron chi connectivity index (χ0n) is 11.0. The third-order valence-electron chi connectivity index (χ3n) is 4.68. The molecule has 2 fully saturated rings. The molecule has 1 atom stereocenters. The average molecular weight is 266 g/mol. The van der Waals surface area contributed by atoms with Crippen LogP contribution >= 0.6 is 11.5 Å². The first-order chi connectivity index (χ1) is 8.84. The second-order valence-electron chi connectivity index (χ2n) is 5.61. The first-order valence-corrected chi connectivity index (χ1v) is 7.94. The van der Waals surface area contributed by atoms with Gasteiger partial charge >= 0.3 is 0 Å². The third-order valence-corrected chi connectivity index (χ3v) is 5.28. The van der Waals surface area contributed by atoms with Crippen LogP contribution in [0.25, 0.3) is 0 Å². The van der Waals surface area contributed by atoms with Crippen molar-refractivity contribution >= 4 is 11.5 Å². The minimum absolute atomic E-state index is 0.0344. The Hall–Kier alpha value is -0.450. The molecule has 2 heterocycles. The summed E-state index contributed by atoms with van der Waals surface area (Å²) in [5.41, 5.74) is 1.35. The standard InChI is InChI=1S/C14H22N2OS/c1-2-11-3-5-14(6-4-11)13(15-7-8-17-14)12-9-16-18-10-12/h9-11,13,15H,2-8H2,1H3. The van der Waals surface area contributed by atoms with Crippen molar-refractivity contribution in [1.29, 1.82) is 0 Å². The molecule has 1 aliphatic heterocycles. The van der Waals surface area contributed by atoms with E-state index in [0.717, 1.165) is 19.1 Å². The van der Waals surface area contributed by atoms with Gasteiger partial charge in [-0.25, -0.2) is 4.37 Å². The molecule has 1 saturated heterocycles. The van der Waals surface area contributed by atoms with Crippen molar-refractivity contribution in [2.45, 2.75) is 50.7 Å². The molecule has 0 aromatic carbocycles. The maximum atomic E-state index is 6.25. The van der Waals surface area contributed by atoms with Gasteiger partial charge in [0.05, 0.1) is 18.2 Å². The van der Waals surface area contributed by atoms with Gasteiger partial charge in [-0.05, 0) is 43.1 Å². The first kappa shape index (κ1) is 12.6. The first-order valence-electron chi connectivity index (χ1n) is 7.11. The van der Waals surface area contributed by atoms with Crippen molar-refractivity contribution in [3.05, 3.63) is 17.1 Å². The molecule has 1 unspecified atom stereocenters. The Kier molecular flexibility index (Phi) is 3.68. The Balaban J connectivity index is 1.79. The molecule has 18 heavy (non-hydrogen) atoms. The molecule has 1 aromatic heterocycles. The molecule has 1 spiro atoms. The molecule has 2 aliphatic rings. The topological polar surface area (TPSA) is 34.1 Å². The Morgan fingerprint density at radius 2 is 2.33 bits per heavy atom. The van der Waals surface area contributed by atoms with Crippen LogP contribution in [0.1, 0.15) is 50.6 Å². The van der Waals surface area contributed by atoms with Gasteiger partial charge in [0.15, 0.2) is 0 Å². The highest BCUT2D eigenvalue weighted by molar-refractivity contribution is 7.03. The molecule has 3 rings (SSSR count). The largest absolute Gasteiger partial charge is 0.372 e. The summed E-state index contributed by atoms with van der Waals surface area (Å²) < 4.78 is 10.5. The lowest BCUT2D eigenvalue weighted by Crippen LogP contribution is -2.53. The van der Waals surface area contributed by atoms with Crippen molar-refractivity contribution in [3.8, 4) is 0 Å². The summed E-state index contributed by atoms with van der Waals surface area (Å²) in [5, 5.41) is 5.82. The van der Waals surface area contributed by atoms with Crippen LogP contribution in [0.3, 0.4) is 0 Å².